The van der Waals surface area contributed by atoms with Gasteiger partial charge in [-0.25, -0.2) is 4.98 Å². The Hall–Kier alpha value is -2.69. The van der Waals surface area contributed by atoms with Crippen LogP contribution in [0.5, 0.6) is 0 Å². The lowest BCUT2D eigenvalue weighted by atomic mass is 10.0. The van der Waals surface area contributed by atoms with Crippen molar-refractivity contribution in [3.8, 4) is 11.3 Å². The maximum Gasteiger partial charge on any atom is 0.255 e. The fraction of sp³-hybridized carbons (Fsp3) is 0.435. The van der Waals surface area contributed by atoms with Gasteiger partial charge in [0.1, 0.15) is 0 Å². The van der Waals surface area contributed by atoms with E-state index in [9.17, 15) is 4.79 Å². The van der Waals surface area contributed by atoms with Crippen LogP contribution in [0.3, 0.4) is 0 Å². The third-order valence-electron chi connectivity index (χ3n) is 6.19. The van der Waals surface area contributed by atoms with Crippen molar-refractivity contribution in [3.63, 3.8) is 0 Å². The number of amides is 1. The molecule has 2 aliphatic rings. The van der Waals surface area contributed by atoms with E-state index in [1.165, 1.54) is 12.8 Å². The smallest absolute Gasteiger partial charge is 0.255 e. The van der Waals surface area contributed by atoms with Gasteiger partial charge in [-0.3, -0.25) is 9.48 Å². The van der Waals surface area contributed by atoms with Gasteiger partial charge in [0.2, 0.25) is 0 Å². The predicted molar refractivity (Wildman–Crippen MR) is 110 cm³/mol. The largest absolute Gasteiger partial charge is 0.333 e. The van der Waals surface area contributed by atoms with Gasteiger partial charge in [0, 0.05) is 24.7 Å². The average Bonchev–Trinajstić information content (AvgIpc) is 3.61. The second-order valence-electron chi connectivity index (χ2n) is 8.35. The molecule has 0 unspecified atom stereocenters. The Morgan fingerprint density at radius 3 is 2.54 bits per heavy atom. The lowest BCUT2D eigenvalue weighted by Gasteiger charge is -2.30. The summed E-state index contributed by atoms with van der Waals surface area (Å²) in [5.74, 6) is 0.799. The van der Waals surface area contributed by atoms with Crippen molar-refractivity contribution >= 4 is 16.9 Å². The van der Waals surface area contributed by atoms with E-state index in [-0.39, 0.29) is 5.91 Å². The molecule has 2 fully saturated rings. The summed E-state index contributed by atoms with van der Waals surface area (Å²) >= 11 is 0. The zero-order chi connectivity index (χ0) is 19.4. The number of fused-ring (bicyclic) bond motifs is 1. The van der Waals surface area contributed by atoms with Crippen LogP contribution in [-0.2, 0) is 7.05 Å². The number of carbonyl (C=O) groups excluding carboxylic acids is 1. The van der Waals surface area contributed by atoms with E-state index in [1.54, 1.807) is 4.68 Å². The number of benzene rings is 1. The van der Waals surface area contributed by atoms with Crippen LogP contribution in [0.15, 0.2) is 36.4 Å². The summed E-state index contributed by atoms with van der Waals surface area (Å²) in [6.45, 7) is 4.19. The second-order valence-corrected chi connectivity index (χ2v) is 8.35. The predicted octanol–water partition coefficient (Wildman–Crippen LogP) is 4.35. The molecule has 2 aliphatic carbocycles. The first-order chi connectivity index (χ1) is 13.5. The molecule has 5 nitrogen and oxygen atoms in total. The molecule has 0 aliphatic heterocycles. The van der Waals surface area contributed by atoms with Gasteiger partial charge >= 0.3 is 0 Å². The molecule has 1 aromatic carbocycles. The number of aryl methyl sites for hydroxylation is 2. The maximum absolute atomic E-state index is 13.8. The van der Waals surface area contributed by atoms with Crippen molar-refractivity contribution in [1.82, 2.24) is 19.7 Å². The van der Waals surface area contributed by atoms with E-state index in [0.29, 0.717) is 18.0 Å². The standard InChI is InChI=1S/C23H26N4O/c1-14-21-19(23(28)27(18-11-12-18)15(2)16-9-10-16)13-20(17-7-5-4-6-8-17)24-22(21)26(3)25-14/h4-8,13,15-16,18H,9-12H2,1-3H3/t15-/m1/s1. The van der Waals surface area contributed by atoms with Crippen molar-refractivity contribution in [1.29, 1.82) is 0 Å². The fourth-order valence-electron chi connectivity index (χ4n) is 4.35. The van der Waals surface area contributed by atoms with E-state index >= 15 is 0 Å². The number of hydrogen-bond donors (Lipinski definition) is 0. The van der Waals surface area contributed by atoms with Gasteiger partial charge in [0.25, 0.3) is 5.91 Å². The van der Waals surface area contributed by atoms with Crippen molar-refractivity contribution in [2.75, 3.05) is 0 Å². The molecule has 5 rings (SSSR count). The van der Waals surface area contributed by atoms with E-state index in [1.807, 2.05) is 50.4 Å². The summed E-state index contributed by atoms with van der Waals surface area (Å²) in [5, 5.41) is 5.45. The minimum Gasteiger partial charge on any atom is -0.333 e. The molecule has 0 N–H and O–H groups in total. The van der Waals surface area contributed by atoms with Crippen LogP contribution in [0.25, 0.3) is 22.3 Å². The van der Waals surface area contributed by atoms with Crippen LogP contribution < -0.4 is 0 Å². The number of pyridine rings is 1. The van der Waals surface area contributed by atoms with Crippen LogP contribution in [0.2, 0.25) is 0 Å². The van der Waals surface area contributed by atoms with Crippen molar-refractivity contribution in [3.05, 3.63) is 47.7 Å². The topological polar surface area (TPSA) is 51.0 Å². The maximum atomic E-state index is 13.8. The molecule has 5 heteroatoms. The van der Waals surface area contributed by atoms with Crippen molar-refractivity contribution in [2.45, 2.75) is 51.6 Å². The molecule has 0 spiro atoms. The molecule has 0 bridgehead atoms. The van der Waals surface area contributed by atoms with Gasteiger partial charge in [0.05, 0.1) is 22.3 Å². The molecule has 3 aromatic rings. The van der Waals surface area contributed by atoms with Gasteiger partial charge in [-0.1, -0.05) is 30.3 Å². The van der Waals surface area contributed by atoms with Crippen LogP contribution in [0.4, 0.5) is 0 Å². The highest BCUT2D eigenvalue weighted by Gasteiger charge is 2.42. The van der Waals surface area contributed by atoms with Crippen LogP contribution in [-0.4, -0.2) is 37.7 Å². The Kier molecular flexibility index (Phi) is 4.00. The molecule has 144 valence electrons. The third-order valence-corrected chi connectivity index (χ3v) is 6.19. The first kappa shape index (κ1) is 17.4. The third kappa shape index (κ3) is 2.89. The van der Waals surface area contributed by atoms with E-state index in [2.05, 4.69) is 16.9 Å². The molecule has 0 radical (unpaired) electrons. The zero-order valence-electron chi connectivity index (χ0n) is 16.7. The summed E-state index contributed by atoms with van der Waals surface area (Å²) in [6, 6.07) is 12.8. The normalized spacial score (nSPS) is 17.7. The first-order valence-corrected chi connectivity index (χ1v) is 10.3. The monoisotopic (exact) mass is 374 g/mol. The Morgan fingerprint density at radius 1 is 1.18 bits per heavy atom. The van der Waals surface area contributed by atoms with Crippen molar-refractivity contribution in [2.24, 2.45) is 13.0 Å². The average molecular weight is 374 g/mol. The van der Waals surface area contributed by atoms with Crippen LogP contribution in [0, 0.1) is 12.8 Å². The second kappa shape index (κ2) is 6.43. The van der Waals surface area contributed by atoms with Crippen LogP contribution in [0.1, 0.15) is 48.7 Å². The SMILES string of the molecule is Cc1nn(C)c2nc(-c3ccccc3)cc(C(=O)N(C3CC3)[C@H](C)C3CC3)c12. The summed E-state index contributed by atoms with van der Waals surface area (Å²) < 4.78 is 1.79. The van der Waals surface area contributed by atoms with E-state index < -0.39 is 0 Å². The Morgan fingerprint density at radius 2 is 1.89 bits per heavy atom. The number of nitrogens with zero attached hydrogens (tertiary/aromatic N) is 4. The number of carbonyl (C=O) groups is 1. The molecular weight excluding hydrogens is 348 g/mol. The summed E-state index contributed by atoms with van der Waals surface area (Å²) in [5.41, 5.74) is 4.23. The fourth-order valence-corrected chi connectivity index (χ4v) is 4.35. The van der Waals surface area contributed by atoms with Gasteiger partial charge in [-0.2, -0.15) is 5.10 Å². The van der Waals surface area contributed by atoms with E-state index in [0.717, 1.165) is 46.4 Å². The molecule has 0 saturated heterocycles. The lowest BCUT2D eigenvalue weighted by molar-refractivity contribution is 0.0656. The van der Waals surface area contributed by atoms with Crippen LogP contribution >= 0.6 is 0 Å². The summed E-state index contributed by atoms with van der Waals surface area (Å²) in [6.07, 6.45) is 4.72. The first-order valence-electron chi connectivity index (χ1n) is 10.3. The Bertz CT molecular complexity index is 1050. The van der Waals surface area contributed by atoms with Crippen molar-refractivity contribution < 1.29 is 4.79 Å². The Labute approximate surface area is 165 Å². The number of rotatable bonds is 5. The molecule has 2 aromatic heterocycles. The minimum atomic E-state index is 0.141. The highest BCUT2D eigenvalue weighted by Crippen LogP contribution is 2.41. The molecule has 2 heterocycles. The quantitative estimate of drug-likeness (QED) is 0.667. The van der Waals surface area contributed by atoms with E-state index in [4.69, 9.17) is 4.98 Å². The number of hydrogen-bond acceptors (Lipinski definition) is 3. The Balaban J connectivity index is 1.67. The highest BCUT2D eigenvalue weighted by molar-refractivity contribution is 6.07. The molecule has 1 atom stereocenters. The zero-order valence-corrected chi connectivity index (χ0v) is 16.7. The number of aromatic nitrogens is 3. The van der Waals surface area contributed by atoms with Gasteiger partial charge < -0.3 is 4.90 Å². The highest BCUT2D eigenvalue weighted by atomic mass is 16.2. The van der Waals surface area contributed by atoms with Gasteiger partial charge in [0.15, 0.2) is 5.65 Å². The summed E-state index contributed by atoms with van der Waals surface area (Å²) in [7, 11) is 1.90. The molecular formula is C23H26N4O. The minimum absolute atomic E-state index is 0.141. The lowest BCUT2D eigenvalue weighted by Crippen LogP contribution is -2.41. The van der Waals surface area contributed by atoms with Gasteiger partial charge in [-0.15, -0.1) is 0 Å². The molecule has 28 heavy (non-hydrogen) atoms. The molecule has 1 amide bonds. The summed E-state index contributed by atoms with van der Waals surface area (Å²) in [4.78, 5) is 20.8. The van der Waals surface area contributed by atoms with Gasteiger partial charge in [-0.05, 0) is 51.5 Å². The molecule has 2 saturated carbocycles.